The summed E-state index contributed by atoms with van der Waals surface area (Å²) in [5.41, 5.74) is 0. The van der Waals surface area contributed by atoms with E-state index in [9.17, 15) is 0 Å². The quantitative estimate of drug-likeness (QED) is 0.681. The van der Waals surface area contributed by atoms with Gasteiger partial charge in [0.25, 0.3) is 0 Å². The zero-order chi connectivity index (χ0) is 10.4. The van der Waals surface area contributed by atoms with Gasteiger partial charge in [0.15, 0.2) is 0 Å². The summed E-state index contributed by atoms with van der Waals surface area (Å²) >= 11 is 2.17. The predicted molar refractivity (Wildman–Crippen MR) is 67.1 cm³/mol. The molecule has 84 valence electrons. The van der Waals surface area contributed by atoms with Gasteiger partial charge in [0.1, 0.15) is 0 Å². The van der Waals surface area contributed by atoms with Crippen molar-refractivity contribution in [3.05, 3.63) is 0 Å². The second-order valence-electron chi connectivity index (χ2n) is 4.60. The number of thioether (sulfide) groups is 1. The van der Waals surface area contributed by atoms with Gasteiger partial charge in [-0.1, -0.05) is 26.2 Å². The van der Waals surface area contributed by atoms with Crippen LogP contribution in [0.15, 0.2) is 0 Å². The zero-order valence-electron chi connectivity index (χ0n) is 9.94. The average molecular weight is 215 g/mol. The van der Waals surface area contributed by atoms with Gasteiger partial charge >= 0.3 is 0 Å². The molecule has 1 heterocycles. The first-order valence-corrected chi connectivity index (χ1v) is 7.02. The molecule has 0 amide bonds. The Balaban J connectivity index is 2.35. The van der Waals surface area contributed by atoms with Crippen LogP contribution in [0, 0.1) is 0 Å². The second-order valence-corrected chi connectivity index (χ2v) is 6.23. The molecule has 0 radical (unpaired) electrons. The van der Waals surface area contributed by atoms with E-state index < -0.39 is 0 Å². The zero-order valence-corrected chi connectivity index (χ0v) is 10.8. The first-order valence-electron chi connectivity index (χ1n) is 6.04. The van der Waals surface area contributed by atoms with E-state index in [0.29, 0.717) is 4.75 Å². The molecule has 1 saturated heterocycles. The minimum atomic E-state index is 0.516. The van der Waals surface area contributed by atoms with Crippen molar-refractivity contribution in [3.63, 3.8) is 0 Å². The van der Waals surface area contributed by atoms with Gasteiger partial charge in [0.05, 0.1) is 0 Å². The standard InChI is InChI=1S/C12H25NS/c1-4-5-6-8-11(13-3)12(2)9-7-10-14-12/h11,13H,4-10H2,1-3H3. The minimum Gasteiger partial charge on any atom is -0.316 e. The second kappa shape index (κ2) is 6.02. The van der Waals surface area contributed by atoms with Gasteiger partial charge in [-0.3, -0.25) is 0 Å². The third-order valence-electron chi connectivity index (χ3n) is 3.43. The normalized spacial score (nSPS) is 29.4. The highest BCUT2D eigenvalue weighted by Crippen LogP contribution is 2.41. The Morgan fingerprint density at radius 3 is 2.71 bits per heavy atom. The van der Waals surface area contributed by atoms with Gasteiger partial charge in [0, 0.05) is 10.8 Å². The monoisotopic (exact) mass is 215 g/mol. The van der Waals surface area contributed by atoms with Crippen molar-refractivity contribution in [2.75, 3.05) is 12.8 Å². The lowest BCUT2D eigenvalue weighted by atomic mass is 9.92. The van der Waals surface area contributed by atoms with Crippen molar-refractivity contribution in [1.82, 2.24) is 5.32 Å². The van der Waals surface area contributed by atoms with Crippen LogP contribution in [0.5, 0.6) is 0 Å². The predicted octanol–water partition coefficient (Wildman–Crippen LogP) is 3.44. The Kier molecular flexibility index (Phi) is 5.32. The molecular formula is C12H25NS. The van der Waals surface area contributed by atoms with Crippen LogP contribution in [0.2, 0.25) is 0 Å². The van der Waals surface area contributed by atoms with Gasteiger partial charge in [-0.2, -0.15) is 11.8 Å². The minimum absolute atomic E-state index is 0.516. The summed E-state index contributed by atoms with van der Waals surface area (Å²) in [6.07, 6.45) is 8.27. The van der Waals surface area contributed by atoms with Gasteiger partial charge in [0.2, 0.25) is 0 Å². The summed E-state index contributed by atoms with van der Waals surface area (Å²) in [7, 11) is 2.13. The highest BCUT2D eigenvalue weighted by atomic mass is 32.2. The molecule has 0 aliphatic carbocycles. The molecule has 0 saturated carbocycles. The van der Waals surface area contributed by atoms with Gasteiger partial charge in [-0.05, 0) is 39.0 Å². The van der Waals surface area contributed by atoms with Gasteiger partial charge in [-0.25, -0.2) is 0 Å². The van der Waals surface area contributed by atoms with Crippen LogP contribution < -0.4 is 5.32 Å². The van der Waals surface area contributed by atoms with Crippen LogP contribution in [0.3, 0.4) is 0 Å². The fourth-order valence-electron chi connectivity index (χ4n) is 2.43. The van der Waals surface area contributed by atoms with Crippen LogP contribution in [0.1, 0.15) is 52.4 Å². The van der Waals surface area contributed by atoms with E-state index in [0.717, 1.165) is 6.04 Å². The Morgan fingerprint density at radius 2 is 2.21 bits per heavy atom. The molecule has 0 aromatic carbocycles. The van der Waals surface area contributed by atoms with Crippen LogP contribution in [-0.2, 0) is 0 Å². The Bertz CT molecular complexity index is 152. The molecule has 14 heavy (non-hydrogen) atoms. The maximum atomic E-state index is 3.52. The van der Waals surface area contributed by atoms with Gasteiger partial charge in [-0.15, -0.1) is 0 Å². The number of unbranched alkanes of at least 4 members (excludes halogenated alkanes) is 2. The van der Waals surface area contributed by atoms with Crippen LogP contribution in [0.25, 0.3) is 0 Å². The number of hydrogen-bond acceptors (Lipinski definition) is 2. The Hall–Kier alpha value is 0.310. The van der Waals surface area contributed by atoms with E-state index in [2.05, 4.69) is 38.0 Å². The third-order valence-corrected chi connectivity index (χ3v) is 5.07. The number of hydrogen-bond donors (Lipinski definition) is 1. The van der Waals surface area contributed by atoms with E-state index in [-0.39, 0.29) is 0 Å². The highest BCUT2D eigenvalue weighted by molar-refractivity contribution is 8.00. The summed E-state index contributed by atoms with van der Waals surface area (Å²) in [5.74, 6) is 1.36. The molecular weight excluding hydrogens is 190 g/mol. The summed E-state index contributed by atoms with van der Waals surface area (Å²) in [4.78, 5) is 0. The van der Waals surface area contributed by atoms with Crippen LogP contribution in [0.4, 0.5) is 0 Å². The van der Waals surface area contributed by atoms with E-state index in [1.807, 2.05) is 0 Å². The van der Waals surface area contributed by atoms with Crippen molar-refractivity contribution in [3.8, 4) is 0 Å². The molecule has 0 bridgehead atoms. The molecule has 1 fully saturated rings. The lowest BCUT2D eigenvalue weighted by Crippen LogP contribution is -2.43. The molecule has 2 unspecified atom stereocenters. The fraction of sp³-hybridized carbons (Fsp3) is 1.00. The van der Waals surface area contributed by atoms with Crippen molar-refractivity contribution in [2.24, 2.45) is 0 Å². The molecule has 1 aliphatic heterocycles. The van der Waals surface area contributed by atoms with E-state index >= 15 is 0 Å². The van der Waals surface area contributed by atoms with Gasteiger partial charge < -0.3 is 5.32 Å². The molecule has 2 atom stereocenters. The molecule has 1 nitrogen and oxygen atoms in total. The third kappa shape index (κ3) is 3.16. The lowest BCUT2D eigenvalue weighted by Gasteiger charge is -2.33. The first kappa shape index (κ1) is 12.4. The fourth-order valence-corrected chi connectivity index (χ4v) is 3.91. The molecule has 0 aromatic heterocycles. The van der Waals surface area contributed by atoms with Crippen molar-refractivity contribution in [1.29, 1.82) is 0 Å². The van der Waals surface area contributed by atoms with E-state index in [4.69, 9.17) is 0 Å². The molecule has 1 rings (SSSR count). The summed E-state index contributed by atoms with van der Waals surface area (Å²) in [5, 5.41) is 3.52. The largest absolute Gasteiger partial charge is 0.316 e. The maximum Gasteiger partial charge on any atom is 0.0285 e. The van der Waals surface area contributed by atoms with E-state index in [1.165, 1.54) is 44.3 Å². The SMILES string of the molecule is CCCCCC(NC)C1(C)CCCS1. The average Bonchev–Trinajstić information content (AvgIpc) is 2.61. The molecule has 2 heteroatoms. The topological polar surface area (TPSA) is 12.0 Å². The van der Waals surface area contributed by atoms with Crippen molar-refractivity contribution >= 4 is 11.8 Å². The van der Waals surface area contributed by atoms with Crippen molar-refractivity contribution < 1.29 is 0 Å². The highest BCUT2D eigenvalue weighted by Gasteiger charge is 2.36. The summed E-state index contributed by atoms with van der Waals surface area (Å²) in [6, 6.07) is 0.724. The smallest absolute Gasteiger partial charge is 0.0285 e. The number of rotatable bonds is 6. The van der Waals surface area contributed by atoms with Crippen LogP contribution in [-0.4, -0.2) is 23.6 Å². The molecule has 0 aromatic rings. The first-order chi connectivity index (χ1) is 6.73. The van der Waals surface area contributed by atoms with Crippen LogP contribution >= 0.6 is 11.8 Å². The summed E-state index contributed by atoms with van der Waals surface area (Å²) in [6.45, 7) is 4.72. The Labute approximate surface area is 93.4 Å². The van der Waals surface area contributed by atoms with Crippen molar-refractivity contribution in [2.45, 2.75) is 63.2 Å². The Morgan fingerprint density at radius 1 is 1.43 bits per heavy atom. The summed E-state index contributed by atoms with van der Waals surface area (Å²) < 4.78 is 0.516. The molecule has 0 spiro atoms. The van der Waals surface area contributed by atoms with E-state index in [1.54, 1.807) is 0 Å². The molecule has 1 N–H and O–H groups in total. The number of nitrogens with one attached hydrogen (secondary N) is 1. The molecule has 1 aliphatic rings. The lowest BCUT2D eigenvalue weighted by molar-refractivity contribution is 0.391. The maximum absolute atomic E-state index is 3.52.